The second-order valence-corrected chi connectivity index (χ2v) is 9.44. The lowest BCUT2D eigenvalue weighted by Gasteiger charge is -2.38. The molecular formula is C26H25ClFN3O3. The number of fused-ring (bicyclic) bond motifs is 1. The highest BCUT2D eigenvalue weighted by Crippen LogP contribution is 2.38. The zero-order valence-electron chi connectivity index (χ0n) is 18.8. The van der Waals surface area contributed by atoms with E-state index in [0.717, 1.165) is 23.9 Å². The number of nitrogens with zero attached hydrogens (tertiary/aromatic N) is 2. The van der Waals surface area contributed by atoms with Crippen LogP contribution in [0.1, 0.15) is 26.2 Å². The summed E-state index contributed by atoms with van der Waals surface area (Å²) in [6.45, 7) is 3.57. The van der Waals surface area contributed by atoms with Crippen molar-refractivity contribution >= 4 is 34.3 Å². The Kier molecular flexibility index (Phi) is 5.90. The number of rotatable bonds is 4. The second kappa shape index (κ2) is 8.87. The van der Waals surface area contributed by atoms with Gasteiger partial charge in [0.15, 0.2) is 6.10 Å². The van der Waals surface area contributed by atoms with E-state index in [1.807, 2.05) is 12.1 Å². The van der Waals surface area contributed by atoms with Crippen LogP contribution in [0.15, 0.2) is 48.7 Å². The molecule has 0 aliphatic carbocycles. The molecule has 1 spiro atoms. The van der Waals surface area contributed by atoms with E-state index >= 15 is 0 Å². The molecule has 2 aromatic carbocycles. The first kappa shape index (κ1) is 22.6. The summed E-state index contributed by atoms with van der Waals surface area (Å²) >= 11 is 6.27. The molecule has 34 heavy (non-hydrogen) atoms. The van der Waals surface area contributed by atoms with Crippen LogP contribution in [0, 0.1) is 11.2 Å². The van der Waals surface area contributed by atoms with Crippen molar-refractivity contribution in [3.05, 3.63) is 59.5 Å². The largest absolute Gasteiger partial charge is 0.481 e. The lowest BCUT2D eigenvalue weighted by atomic mass is 9.77. The first-order valence-corrected chi connectivity index (χ1v) is 11.8. The van der Waals surface area contributed by atoms with Gasteiger partial charge in [-0.25, -0.2) is 4.39 Å². The molecule has 3 heterocycles. The third-order valence-corrected chi connectivity index (χ3v) is 7.31. The van der Waals surface area contributed by atoms with Gasteiger partial charge in [0, 0.05) is 42.8 Å². The highest BCUT2D eigenvalue weighted by Gasteiger charge is 2.45. The van der Waals surface area contributed by atoms with Gasteiger partial charge < -0.3 is 15.0 Å². The first-order chi connectivity index (χ1) is 16.4. The van der Waals surface area contributed by atoms with Gasteiger partial charge in [-0.15, -0.1) is 0 Å². The maximum atomic E-state index is 13.5. The lowest BCUT2D eigenvalue weighted by molar-refractivity contribution is -0.143. The fourth-order valence-electron chi connectivity index (χ4n) is 5.00. The van der Waals surface area contributed by atoms with Crippen molar-refractivity contribution < 1.29 is 18.7 Å². The van der Waals surface area contributed by atoms with Crippen LogP contribution in [-0.2, 0) is 9.59 Å². The summed E-state index contributed by atoms with van der Waals surface area (Å²) in [5.74, 6) is 0.172. The molecule has 6 nitrogen and oxygen atoms in total. The van der Waals surface area contributed by atoms with E-state index in [2.05, 4.69) is 10.3 Å². The summed E-state index contributed by atoms with van der Waals surface area (Å²) in [6, 6.07) is 11.6. The topological polar surface area (TPSA) is 71.5 Å². The van der Waals surface area contributed by atoms with Crippen molar-refractivity contribution in [1.29, 1.82) is 0 Å². The van der Waals surface area contributed by atoms with Crippen LogP contribution in [0.25, 0.3) is 22.0 Å². The molecule has 2 aliphatic heterocycles. The van der Waals surface area contributed by atoms with Gasteiger partial charge in [-0.2, -0.15) is 0 Å². The molecule has 0 radical (unpaired) electrons. The fraction of sp³-hybridized carbons (Fsp3) is 0.346. The van der Waals surface area contributed by atoms with Crippen LogP contribution in [0.3, 0.4) is 0 Å². The summed E-state index contributed by atoms with van der Waals surface area (Å²) < 4.78 is 19.5. The third kappa shape index (κ3) is 4.09. The minimum absolute atomic E-state index is 0.0897. The molecule has 2 fully saturated rings. The van der Waals surface area contributed by atoms with Crippen LogP contribution in [0.5, 0.6) is 5.75 Å². The Morgan fingerprint density at radius 3 is 2.65 bits per heavy atom. The van der Waals surface area contributed by atoms with Gasteiger partial charge in [-0.1, -0.05) is 11.6 Å². The van der Waals surface area contributed by atoms with Gasteiger partial charge in [0.25, 0.3) is 5.91 Å². The Morgan fingerprint density at radius 2 is 1.94 bits per heavy atom. The second-order valence-electron chi connectivity index (χ2n) is 9.03. The van der Waals surface area contributed by atoms with Gasteiger partial charge in [0.1, 0.15) is 11.6 Å². The van der Waals surface area contributed by atoms with Gasteiger partial charge in [-0.3, -0.25) is 14.6 Å². The molecule has 1 unspecified atom stereocenters. The molecule has 1 atom stereocenters. The van der Waals surface area contributed by atoms with E-state index in [9.17, 15) is 14.0 Å². The summed E-state index contributed by atoms with van der Waals surface area (Å²) in [5, 5.41) is 4.09. The molecule has 2 aliphatic rings. The number of ether oxygens (including phenoxy) is 1. The predicted molar refractivity (Wildman–Crippen MR) is 128 cm³/mol. The predicted octanol–water partition coefficient (Wildman–Crippen LogP) is 4.59. The van der Waals surface area contributed by atoms with E-state index < -0.39 is 11.9 Å². The quantitative estimate of drug-likeness (QED) is 0.591. The number of hydrogen-bond acceptors (Lipinski definition) is 4. The number of halogens is 2. The molecule has 0 saturated carbocycles. The number of aromatic nitrogens is 1. The number of carbonyl (C=O) groups excluding carboxylic acids is 2. The highest BCUT2D eigenvalue weighted by molar-refractivity contribution is 6.33. The highest BCUT2D eigenvalue weighted by atomic mass is 35.5. The fourth-order valence-corrected chi connectivity index (χ4v) is 5.27. The molecule has 1 N–H and O–H groups in total. The van der Waals surface area contributed by atoms with Crippen molar-refractivity contribution in [2.24, 2.45) is 5.41 Å². The SMILES string of the molecule is CC(Oc1ccc2c(-c3ccc(F)cc3Cl)ccnc2c1)C(=O)N1CCC2(CCNC2=O)CC1. The molecule has 8 heteroatoms. The number of benzene rings is 2. The standard InChI is InChI=1S/C26H25ClFN3O3/c1-16(24(32)31-12-8-26(9-13-31)7-11-30-25(26)33)34-18-3-5-21-19(6-10-29-23(21)15-18)20-4-2-17(28)14-22(20)27/h2-6,10,14-16H,7-9,11-13H2,1H3,(H,30,33). The number of pyridine rings is 1. The Hall–Kier alpha value is -3.19. The summed E-state index contributed by atoms with van der Waals surface area (Å²) in [6.07, 6.45) is 3.21. The van der Waals surface area contributed by atoms with Gasteiger partial charge >= 0.3 is 0 Å². The number of likely N-dealkylation sites (tertiary alicyclic amines) is 1. The van der Waals surface area contributed by atoms with Crippen LogP contribution in [-0.4, -0.2) is 47.4 Å². The van der Waals surface area contributed by atoms with E-state index in [0.29, 0.717) is 47.8 Å². The van der Waals surface area contributed by atoms with Crippen molar-refractivity contribution in [2.45, 2.75) is 32.3 Å². The molecule has 176 valence electrons. The normalized spacial score (nSPS) is 18.2. The number of hydrogen-bond donors (Lipinski definition) is 1. The minimum Gasteiger partial charge on any atom is -0.481 e. The smallest absolute Gasteiger partial charge is 0.263 e. The summed E-state index contributed by atoms with van der Waals surface area (Å²) in [4.78, 5) is 31.4. The zero-order valence-corrected chi connectivity index (χ0v) is 19.6. The van der Waals surface area contributed by atoms with Crippen LogP contribution in [0.4, 0.5) is 4.39 Å². The Balaban J connectivity index is 1.30. The zero-order chi connectivity index (χ0) is 23.9. The molecule has 1 aromatic heterocycles. The average molecular weight is 482 g/mol. The Labute approximate surface area is 202 Å². The minimum atomic E-state index is -0.668. The van der Waals surface area contributed by atoms with Crippen molar-refractivity contribution in [3.63, 3.8) is 0 Å². The summed E-state index contributed by atoms with van der Waals surface area (Å²) in [5.41, 5.74) is 1.92. The molecule has 5 rings (SSSR count). The van der Waals surface area contributed by atoms with Crippen LogP contribution >= 0.6 is 11.6 Å². The van der Waals surface area contributed by atoms with E-state index in [-0.39, 0.29) is 17.2 Å². The number of amides is 2. The van der Waals surface area contributed by atoms with Crippen LogP contribution in [0.2, 0.25) is 5.02 Å². The number of piperidine rings is 1. The lowest BCUT2D eigenvalue weighted by Crippen LogP contribution is -2.49. The molecule has 2 amide bonds. The van der Waals surface area contributed by atoms with E-state index in [1.165, 1.54) is 12.1 Å². The average Bonchev–Trinajstić information content (AvgIpc) is 3.18. The monoisotopic (exact) mass is 481 g/mol. The first-order valence-electron chi connectivity index (χ1n) is 11.4. The van der Waals surface area contributed by atoms with Crippen LogP contribution < -0.4 is 10.1 Å². The maximum absolute atomic E-state index is 13.5. The van der Waals surface area contributed by atoms with Gasteiger partial charge in [0.2, 0.25) is 5.91 Å². The number of nitrogens with one attached hydrogen (secondary N) is 1. The van der Waals surface area contributed by atoms with Gasteiger partial charge in [0.05, 0.1) is 16.0 Å². The van der Waals surface area contributed by atoms with Crippen molar-refractivity contribution in [1.82, 2.24) is 15.2 Å². The van der Waals surface area contributed by atoms with E-state index in [4.69, 9.17) is 16.3 Å². The summed E-state index contributed by atoms with van der Waals surface area (Å²) in [7, 11) is 0. The Morgan fingerprint density at radius 1 is 1.15 bits per heavy atom. The molecular weight excluding hydrogens is 457 g/mol. The number of carbonyl (C=O) groups is 2. The maximum Gasteiger partial charge on any atom is 0.263 e. The molecule has 2 saturated heterocycles. The van der Waals surface area contributed by atoms with E-state index in [1.54, 1.807) is 36.2 Å². The Bertz CT molecular complexity index is 1270. The van der Waals surface area contributed by atoms with Crippen molar-refractivity contribution in [3.8, 4) is 16.9 Å². The third-order valence-electron chi connectivity index (χ3n) is 7.00. The molecule has 3 aromatic rings. The van der Waals surface area contributed by atoms with Gasteiger partial charge in [-0.05, 0) is 68.1 Å². The van der Waals surface area contributed by atoms with Crippen molar-refractivity contribution in [2.75, 3.05) is 19.6 Å². The molecule has 0 bridgehead atoms.